The van der Waals surface area contributed by atoms with Gasteiger partial charge in [0.25, 0.3) is 0 Å². The van der Waals surface area contributed by atoms with Crippen LogP contribution in [0.25, 0.3) is 0 Å². The van der Waals surface area contributed by atoms with Crippen LogP contribution in [0.4, 0.5) is 0 Å². The van der Waals surface area contributed by atoms with Gasteiger partial charge in [-0.2, -0.15) is 0 Å². The van der Waals surface area contributed by atoms with Crippen LogP contribution in [0, 0.1) is 5.41 Å². The topological polar surface area (TPSA) is 46.5 Å². The molecule has 0 radical (unpaired) electrons. The van der Waals surface area contributed by atoms with Gasteiger partial charge < -0.3 is 9.84 Å². The Kier molecular flexibility index (Phi) is 3.69. The van der Waals surface area contributed by atoms with Crippen molar-refractivity contribution in [3.63, 3.8) is 0 Å². The molecule has 124 valence electrons. The largest absolute Gasteiger partial charge is 0.453 e. The fourth-order valence-corrected chi connectivity index (χ4v) is 4.51. The van der Waals surface area contributed by atoms with Crippen LogP contribution in [0.3, 0.4) is 0 Å². The second kappa shape index (κ2) is 5.75. The van der Waals surface area contributed by atoms with Crippen molar-refractivity contribution in [3.8, 4) is 0 Å². The van der Waals surface area contributed by atoms with E-state index in [1.54, 1.807) is 0 Å². The SMILES string of the molecule is O=C1O[C@H](c2ccccc2)[C@@](O)(c2ccccc2)C12CCCCC2. The summed E-state index contributed by atoms with van der Waals surface area (Å²) in [7, 11) is 0. The van der Waals surface area contributed by atoms with Crippen LogP contribution in [0.2, 0.25) is 0 Å². The predicted molar refractivity (Wildman–Crippen MR) is 91.1 cm³/mol. The van der Waals surface area contributed by atoms with Gasteiger partial charge in [0.15, 0.2) is 6.10 Å². The third kappa shape index (κ3) is 2.04. The molecule has 3 nitrogen and oxygen atoms in total. The average Bonchev–Trinajstić information content (AvgIpc) is 2.87. The number of esters is 1. The van der Waals surface area contributed by atoms with Crippen LogP contribution in [0.1, 0.15) is 49.3 Å². The monoisotopic (exact) mass is 322 g/mol. The minimum Gasteiger partial charge on any atom is -0.453 e. The molecule has 2 fully saturated rings. The summed E-state index contributed by atoms with van der Waals surface area (Å²) in [5.41, 5.74) is -0.550. The maximum Gasteiger partial charge on any atom is 0.316 e. The standard InChI is InChI=1S/C21H22O3/c22-19-20(14-8-3-9-15-20)21(23,17-12-6-2-7-13-17)18(24-19)16-10-4-1-5-11-16/h1-2,4-7,10-13,18,23H,3,8-9,14-15H2/t18-,21+/m1/s1. The Bertz CT molecular complexity index is 719. The predicted octanol–water partition coefficient (Wildman–Crippen LogP) is 4.12. The van der Waals surface area contributed by atoms with Crippen molar-refractivity contribution in [2.75, 3.05) is 0 Å². The van der Waals surface area contributed by atoms with Gasteiger partial charge in [0.1, 0.15) is 11.0 Å². The molecule has 2 aromatic rings. The summed E-state index contributed by atoms with van der Waals surface area (Å²) in [5.74, 6) is -0.248. The number of benzene rings is 2. The van der Waals surface area contributed by atoms with E-state index in [0.29, 0.717) is 12.8 Å². The molecule has 1 spiro atoms. The van der Waals surface area contributed by atoms with Gasteiger partial charge in [0, 0.05) is 0 Å². The van der Waals surface area contributed by atoms with Crippen LogP contribution < -0.4 is 0 Å². The molecule has 2 aromatic carbocycles. The van der Waals surface area contributed by atoms with E-state index in [4.69, 9.17) is 4.74 Å². The fraction of sp³-hybridized carbons (Fsp3) is 0.381. The first kappa shape index (κ1) is 15.4. The summed E-state index contributed by atoms with van der Waals surface area (Å²) in [4.78, 5) is 12.9. The van der Waals surface area contributed by atoms with E-state index in [1.165, 1.54) is 0 Å². The minimum absolute atomic E-state index is 0.248. The zero-order valence-electron chi connectivity index (χ0n) is 13.7. The molecule has 1 heterocycles. The molecule has 1 saturated carbocycles. The van der Waals surface area contributed by atoms with E-state index in [2.05, 4.69) is 0 Å². The van der Waals surface area contributed by atoms with E-state index in [-0.39, 0.29) is 5.97 Å². The molecule has 0 bridgehead atoms. The molecule has 1 aliphatic heterocycles. The van der Waals surface area contributed by atoms with Crippen LogP contribution in [-0.4, -0.2) is 11.1 Å². The Morgan fingerprint density at radius 3 is 2.08 bits per heavy atom. The molecule has 3 heteroatoms. The molecule has 0 unspecified atom stereocenters. The number of carbonyl (C=O) groups is 1. The zero-order chi connectivity index (χ0) is 16.6. The summed E-state index contributed by atoms with van der Waals surface area (Å²) in [5, 5.41) is 12.0. The van der Waals surface area contributed by atoms with Crippen molar-refractivity contribution in [3.05, 3.63) is 71.8 Å². The van der Waals surface area contributed by atoms with Gasteiger partial charge in [-0.15, -0.1) is 0 Å². The van der Waals surface area contributed by atoms with Gasteiger partial charge in [-0.25, -0.2) is 0 Å². The molecule has 0 aromatic heterocycles. The molecule has 1 aliphatic carbocycles. The van der Waals surface area contributed by atoms with Gasteiger partial charge in [-0.05, 0) is 24.0 Å². The second-order valence-electron chi connectivity index (χ2n) is 6.97. The van der Waals surface area contributed by atoms with Gasteiger partial charge in [0.05, 0.1) is 0 Å². The maximum absolute atomic E-state index is 12.9. The lowest BCUT2D eigenvalue weighted by Crippen LogP contribution is -2.48. The molecule has 1 saturated heterocycles. The van der Waals surface area contributed by atoms with Gasteiger partial charge in [-0.3, -0.25) is 4.79 Å². The summed E-state index contributed by atoms with van der Waals surface area (Å²) in [6.45, 7) is 0. The quantitative estimate of drug-likeness (QED) is 0.846. The lowest BCUT2D eigenvalue weighted by atomic mass is 9.60. The lowest BCUT2D eigenvalue weighted by Gasteiger charge is -2.43. The van der Waals surface area contributed by atoms with Crippen LogP contribution in [-0.2, 0) is 15.1 Å². The highest BCUT2D eigenvalue weighted by molar-refractivity contribution is 5.82. The Balaban J connectivity index is 1.91. The molecule has 0 amide bonds. The molecule has 24 heavy (non-hydrogen) atoms. The van der Waals surface area contributed by atoms with E-state index in [0.717, 1.165) is 30.4 Å². The van der Waals surface area contributed by atoms with Crippen molar-refractivity contribution < 1.29 is 14.6 Å². The van der Waals surface area contributed by atoms with Crippen LogP contribution in [0.15, 0.2) is 60.7 Å². The van der Waals surface area contributed by atoms with Gasteiger partial charge in [0.2, 0.25) is 0 Å². The molecular formula is C21H22O3. The van der Waals surface area contributed by atoms with Gasteiger partial charge in [-0.1, -0.05) is 79.9 Å². The Labute approximate surface area is 142 Å². The third-order valence-electron chi connectivity index (χ3n) is 5.75. The number of cyclic esters (lactones) is 1. The first-order chi connectivity index (χ1) is 11.7. The number of ether oxygens (including phenoxy) is 1. The number of hydrogen-bond acceptors (Lipinski definition) is 3. The van der Waals surface area contributed by atoms with Crippen molar-refractivity contribution in [1.29, 1.82) is 0 Å². The highest BCUT2D eigenvalue weighted by Gasteiger charge is 2.67. The van der Waals surface area contributed by atoms with Gasteiger partial charge >= 0.3 is 5.97 Å². The van der Waals surface area contributed by atoms with E-state index in [1.807, 2.05) is 60.7 Å². The molecule has 1 N–H and O–H groups in total. The first-order valence-electron chi connectivity index (χ1n) is 8.72. The van der Waals surface area contributed by atoms with Crippen molar-refractivity contribution in [1.82, 2.24) is 0 Å². The van der Waals surface area contributed by atoms with E-state index < -0.39 is 17.1 Å². The number of carbonyl (C=O) groups excluding carboxylic acids is 1. The minimum atomic E-state index is -1.33. The molecular weight excluding hydrogens is 300 g/mol. The maximum atomic E-state index is 12.9. The van der Waals surface area contributed by atoms with Crippen LogP contribution >= 0.6 is 0 Å². The number of rotatable bonds is 2. The summed E-state index contributed by atoms with van der Waals surface area (Å²) < 4.78 is 5.82. The zero-order valence-corrected chi connectivity index (χ0v) is 13.7. The summed E-state index contributed by atoms with van der Waals surface area (Å²) in [6, 6.07) is 19.2. The van der Waals surface area contributed by atoms with Crippen molar-refractivity contribution >= 4 is 5.97 Å². The Morgan fingerprint density at radius 2 is 1.46 bits per heavy atom. The number of hydrogen-bond donors (Lipinski definition) is 1. The molecule has 2 atom stereocenters. The molecule has 4 rings (SSSR count). The Hall–Kier alpha value is -2.13. The van der Waals surface area contributed by atoms with E-state index >= 15 is 0 Å². The fourth-order valence-electron chi connectivity index (χ4n) is 4.51. The molecule has 2 aliphatic rings. The normalized spacial score (nSPS) is 28.7. The summed E-state index contributed by atoms with van der Waals surface area (Å²) >= 11 is 0. The Morgan fingerprint density at radius 1 is 0.875 bits per heavy atom. The smallest absolute Gasteiger partial charge is 0.316 e. The van der Waals surface area contributed by atoms with Crippen molar-refractivity contribution in [2.24, 2.45) is 5.41 Å². The van der Waals surface area contributed by atoms with Crippen molar-refractivity contribution in [2.45, 2.75) is 43.8 Å². The lowest BCUT2D eigenvalue weighted by molar-refractivity contribution is -0.152. The second-order valence-corrected chi connectivity index (χ2v) is 6.97. The average molecular weight is 322 g/mol. The van der Waals surface area contributed by atoms with Crippen LogP contribution in [0.5, 0.6) is 0 Å². The number of aliphatic hydroxyl groups is 1. The van der Waals surface area contributed by atoms with E-state index in [9.17, 15) is 9.90 Å². The first-order valence-corrected chi connectivity index (χ1v) is 8.72. The highest BCUT2D eigenvalue weighted by atomic mass is 16.6. The third-order valence-corrected chi connectivity index (χ3v) is 5.75. The highest BCUT2D eigenvalue weighted by Crippen LogP contribution is 2.61. The summed E-state index contributed by atoms with van der Waals surface area (Å²) in [6.07, 6.45) is 3.71.